The predicted molar refractivity (Wildman–Crippen MR) is 82.1 cm³/mol. The highest BCUT2D eigenvalue weighted by Crippen LogP contribution is 2.13. The molecule has 0 fully saturated rings. The normalized spacial score (nSPS) is 10.1. The molecule has 0 aliphatic rings. The second-order valence-electron chi connectivity index (χ2n) is 4.35. The summed E-state index contributed by atoms with van der Waals surface area (Å²) in [5, 5.41) is 5.65. The van der Waals surface area contributed by atoms with E-state index in [0.29, 0.717) is 17.9 Å². The van der Waals surface area contributed by atoms with Gasteiger partial charge in [-0.3, -0.25) is 4.79 Å². The van der Waals surface area contributed by atoms with E-state index in [1.807, 2.05) is 12.3 Å². The van der Waals surface area contributed by atoms with Crippen molar-refractivity contribution in [2.75, 3.05) is 6.61 Å². The summed E-state index contributed by atoms with van der Waals surface area (Å²) in [4.78, 5) is 27.4. The minimum Gasteiger partial charge on any atom is -0.434 e. The average Bonchev–Trinajstić information content (AvgIpc) is 2.91. The third-order valence-corrected chi connectivity index (χ3v) is 3.50. The number of benzene rings is 1. The van der Waals surface area contributed by atoms with Crippen LogP contribution in [0.2, 0.25) is 0 Å². The summed E-state index contributed by atoms with van der Waals surface area (Å²) in [7, 11) is 0. The van der Waals surface area contributed by atoms with Gasteiger partial charge in [-0.15, -0.1) is 11.3 Å². The van der Waals surface area contributed by atoms with Gasteiger partial charge >= 0.3 is 6.16 Å². The molecule has 1 N–H and O–H groups in total. The SMILES string of the molecule is CCOC(=O)Oc1ccc(C(=O)NCc2csc(C)n2)cc1. The van der Waals surface area contributed by atoms with Crippen molar-refractivity contribution in [1.29, 1.82) is 0 Å². The first-order valence-corrected chi connectivity index (χ1v) is 7.60. The molecule has 2 rings (SSSR count). The third kappa shape index (κ3) is 4.56. The van der Waals surface area contributed by atoms with E-state index < -0.39 is 6.16 Å². The van der Waals surface area contributed by atoms with E-state index in [-0.39, 0.29) is 12.5 Å². The van der Waals surface area contributed by atoms with Gasteiger partial charge in [0.15, 0.2) is 0 Å². The summed E-state index contributed by atoms with van der Waals surface area (Å²) in [5.41, 5.74) is 1.31. The highest BCUT2D eigenvalue weighted by Gasteiger charge is 2.09. The molecule has 1 heterocycles. The van der Waals surface area contributed by atoms with Gasteiger partial charge in [0.05, 0.1) is 23.9 Å². The van der Waals surface area contributed by atoms with Crippen molar-refractivity contribution in [2.45, 2.75) is 20.4 Å². The Labute approximate surface area is 132 Å². The second-order valence-corrected chi connectivity index (χ2v) is 5.41. The number of nitrogens with zero attached hydrogens (tertiary/aromatic N) is 1. The quantitative estimate of drug-likeness (QED) is 0.677. The van der Waals surface area contributed by atoms with E-state index in [4.69, 9.17) is 4.74 Å². The lowest BCUT2D eigenvalue weighted by molar-refractivity contribution is 0.0950. The fraction of sp³-hybridized carbons (Fsp3) is 0.267. The number of carbonyl (C=O) groups is 2. The number of hydrogen-bond acceptors (Lipinski definition) is 6. The van der Waals surface area contributed by atoms with Gasteiger partial charge < -0.3 is 14.8 Å². The lowest BCUT2D eigenvalue weighted by atomic mass is 10.2. The molecule has 0 radical (unpaired) electrons. The Morgan fingerprint density at radius 1 is 1.27 bits per heavy atom. The Kier molecular flexibility index (Phi) is 5.48. The van der Waals surface area contributed by atoms with Crippen LogP contribution >= 0.6 is 11.3 Å². The Morgan fingerprint density at radius 3 is 2.59 bits per heavy atom. The summed E-state index contributed by atoms with van der Waals surface area (Å²) < 4.78 is 9.59. The molecular weight excluding hydrogens is 304 g/mol. The Morgan fingerprint density at radius 2 is 2.00 bits per heavy atom. The number of ether oxygens (including phenoxy) is 2. The molecule has 0 saturated carbocycles. The van der Waals surface area contributed by atoms with Gasteiger partial charge in [-0.05, 0) is 38.1 Å². The van der Waals surface area contributed by atoms with Gasteiger partial charge in [-0.1, -0.05) is 0 Å². The minimum absolute atomic E-state index is 0.215. The summed E-state index contributed by atoms with van der Waals surface area (Å²) in [5.74, 6) is 0.110. The Bertz CT molecular complexity index is 652. The van der Waals surface area contributed by atoms with E-state index >= 15 is 0 Å². The fourth-order valence-electron chi connectivity index (χ4n) is 1.68. The average molecular weight is 320 g/mol. The smallest absolute Gasteiger partial charge is 0.434 e. The predicted octanol–water partition coefficient (Wildman–Crippen LogP) is 2.92. The number of nitrogens with one attached hydrogen (secondary N) is 1. The molecule has 2 aromatic rings. The van der Waals surface area contributed by atoms with Gasteiger partial charge in [0.25, 0.3) is 5.91 Å². The van der Waals surface area contributed by atoms with Gasteiger partial charge in [0.1, 0.15) is 5.75 Å². The molecule has 0 spiro atoms. The highest BCUT2D eigenvalue weighted by atomic mass is 32.1. The number of aryl methyl sites for hydroxylation is 1. The van der Waals surface area contributed by atoms with Gasteiger partial charge in [0, 0.05) is 10.9 Å². The van der Waals surface area contributed by atoms with Crippen LogP contribution in [-0.2, 0) is 11.3 Å². The molecule has 0 aliphatic heterocycles. The maximum absolute atomic E-state index is 12.0. The van der Waals surface area contributed by atoms with Crippen LogP contribution in [0.3, 0.4) is 0 Å². The molecule has 1 aromatic heterocycles. The molecular formula is C15H16N2O4S. The third-order valence-electron chi connectivity index (χ3n) is 2.68. The largest absolute Gasteiger partial charge is 0.513 e. The van der Waals surface area contributed by atoms with Crippen LogP contribution in [0.5, 0.6) is 5.75 Å². The number of thiazole rings is 1. The van der Waals surface area contributed by atoms with Crippen LogP contribution in [-0.4, -0.2) is 23.7 Å². The van der Waals surface area contributed by atoms with Crippen LogP contribution in [0.1, 0.15) is 28.0 Å². The van der Waals surface area contributed by atoms with Crippen molar-refractivity contribution in [1.82, 2.24) is 10.3 Å². The number of rotatable bonds is 5. The topological polar surface area (TPSA) is 77.5 Å². The molecule has 0 bridgehead atoms. The molecule has 0 saturated heterocycles. The monoisotopic (exact) mass is 320 g/mol. The number of aromatic nitrogens is 1. The van der Waals surface area contributed by atoms with E-state index in [2.05, 4.69) is 15.0 Å². The number of hydrogen-bond donors (Lipinski definition) is 1. The molecule has 0 unspecified atom stereocenters. The Hall–Kier alpha value is -2.41. The second kappa shape index (κ2) is 7.56. The Balaban J connectivity index is 1.89. The van der Waals surface area contributed by atoms with Crippen molar-refractivity contribution in [3.8, 4) is 5.75 Å². The molecule has 6 nitrogen and oxygen atoms in total. The molecule has 116 valence electrons. The van der Waals surface area contributed by atoms with Crippen molar-refractivity contribution in [2.24, 2.45) is 0 Å². The molecule has 7 heteroatoms. The molecule has 1 amide bonds. The van der Waals surface area contributed by atoms with Crippen LogP contribution in [0.4, 0.5) is 4.79 Å². The summed E-state index contributed by atoms with van der Waals surface area (Å²) in [6.07, 6.45) is -0.765. The molecule has 1 aromatic carbocycles. The highest BCUT2D eigenvalue weighted by molar-refractivity contribution is 7.09. The van der Waals surface area contributed by atoms with Crippen molar-refractivity contribution in [3.05, 3.63) is 45.9 Å². The minimum atomic E-state index is -0.765. The van der Waals surface area contributed by atoms with Gasteiger partial charge in [-0.25, -0.2) is 9.78 Å². The van der Waals surface area contributed by atoms with E-state index in [9.17, 15) is 9.59 Å². The standard InChI is InChI=1S/C15H16N2O4S/c1-3-20-15(19)21-13-6-4-11(5-7-13)14(18)16-8-12-9-22-10(2)17-12/h4-7,9H,3,8H2,1-2H3,(H,16,18). The van der Waals surface area contributed by atoms with Crippen LogP contribution in [0.25, 0.3) is 0 Å². The summed E-state index contributed by atoms with van der Waals surface area (Å²) in [6, 6.07) is 6.24. The van der Waals surface area contributed by atoms with Crippen LogP contribution in [0.15, 0.2) is 29.6 Å². The van der Waals surface area contributed by atoms with Crippen molar-refractivity contribution in [3.63, 3.8) is 0 Å². The summed E-state index contributed by atoms with van der Waals surface area (Å²) in [6.45, 7) is 4.23. The van der Waals surface area contributed by atoms with E-state index in [1.165, 1.54) is 0 Å². The number of carbonyl (C=O) groups excluding carboxylic acids is 2. The van der Waals surface area contributed by atoms with Crippen molar-refractivity contribution >= 4 is 23.4 Å². The zero-order valence-corrected chi connectivity index (χ0v) is 13.1. The first kappa shape index (κ1) is 16.0. The van der Waals surface area contributed by atoms with Gasteiger partial charge in [0.2, 0.25) is 0 Å². The molecule has 0 atom stereocenters. The van der Waals surface area contributed by atoms with Crippen molar-refractivity contribution < 1.29 is 19.1 Å². The lowest BCUT2D eigenvalue weighted by Gasteiger charge is -2.06. The zero-order valence-electron chi connectivity index (χ0n) is 12.3. The van der Waals surface area contributed by atoms with Gasteiger partial charge in [-0.2, -0.15) is 0 Å². The van der Waals surface area contributed by atoms with Crippen LogP contribution in [0, 0.1) is 6.92 Å². The maximum atomic E-state index is 12.0. The summed E-state index contributed by atoms with van der Waals surface area (Å²) >= 11 is 1.54. The molecule has 22 heavy (non-hydrogen) atoms. The fourth-order valence-corrected chi connectivity index (χ4v) is 2.29. The maximum Gasteiger partial charge on any atom is 0.513 e. The molecule has 0 aliphatic carbocycles. The van der Waals surface area contributed by atoms with E-state index in [0.717, 1.165) is 10.7 Å². The van der Waals surface area contributed by atoms with E-state index in [1.54, 1.807) is 42.5 Å². The first-order chi connectivity index (χ1) is 10.6. The lowest BCUT2D eigenvalue weighted by Crippen LogP contribution is -2.22. The number of amides is 1. The van der Waals surface area contributed by atoms with Crippen LogP contribution < -0.4 is 10.1 Å². The zero-order chi connectivity index (χ0) is 15.9. The first-order valence-electron chi connectivity index (χ1n) is 6.72.